The lowest BCUT2D eigenvalue weighted by molar-refractivity contribution is 1.13. The number of aromatic nitrogens is 2. The molecule has 8 aromatic rings. The van der Waals surface area contributed by atoms with Crippen LogP contribution in [0.1, 0.15) is 38.9 Å². The number of aryl methyl sites for hydroxylation is 4. The Bertz CT molecular complexity index is 2650. The summed E-state index contributed by atoms with van der Waals surface area (Å²) in [6.07, 6.45) is 0. The van der Waals surface area contributed by atoms with Crippen molar-refractivity contribution in [2.45, 2.75) is 27.7 Å². The molecular formula is C43H29N5. The smallest absolute Gasteiger partial charge is 0.101 e. The van der Waals surface area contributed by atoms with Crippen LogP contribution in [0.15, 0.2) is 103 Å². The summed E-state index contributed by atoms with van der Waals surface area (Å²) in [6.45, 7) is 8.32. The number of nitrogens with zero attached hydrogens (tertiary/aromatic N) is 5. The van der Waals surface area contributed by atoms with Crippen molar-refractivity contribution in [2.75, 3.05) is 0 Å². The van der Waals surface area contributed by atoms with E-state index in [0.29, 0.717) is 16.7 Å². The third kappa shape index (κ3) is 4.36. The zero-order valence-corrected chi connectivity index (χ0v) is 27.1. The number of hydrogen-bond acceptors (Lipinski definition) is 3. The Morgan fingerprint density at radius 1 is 0.417 bits per heavy atom. The van der Waals surface area contributed by atoms with Crippen LogP contribution in [0.2, 0.25) is 0 Å². The van der Waals surface area contributed by atoms with Gasteiger partial charge >= 0.3 is 0 Å². The van der Waals surface area contributed by atoms with Crippen LogP contribution in [0, 0.1) is 61.7 Å². The Morgan fingerprint density at radius 2 is 0.812 bits per heavy atom. The van der Waals surface area contributed by atoms with Gasteiger partial charge in [-0.3, -0.25) is 0 Å². The second-order valence-electron chi connectivity index (χ2n) is 12.8. The number of benzene rings is 6. The number of rotatable bonds is 3. The van der Waals surface area contributed by atoms with E-state index in [2.05, 4.69) is 134 Å². The molecule has 0 aliphatic rings. The van der Waals surface area contributed by atoms with Crippen molar-refractivity contribution < 1.29 is 0 Å². The fraction of sp³-hybridized carbons (Fsp3) is 0.0930. The van der Waals surface area contributed by atoms with Gasteiger partial charge in [0.05, 0.1) is 62.3 Å². The molecule has 0 bridgehead atoms. The van der Waals surface area contributed by atoms with E-state index in [0.717, 1.165) is 88.4 Å². The molecule has 0 aliphatic carbocycles. The summed E-state index contributed by atoms with van der Waals surface area (Å²) >= 11 is 0. The van der Waals surface area contributed by atoms with Gasteiger partial charge in [-0.05, 0) is 110 Å². The molecule has 6 aromatic carbocycles. The lowest BCUT2D eigenvalue weighted by Gasteiger charge is -2.19. The Hall–Kier alpha value is -6.61. The minimum atomic E-state index is 0.401. The Kier molecular flexibility index (Phi) is 6.45. The summed E-state index contributed by atoms with van der Waals surface area (Å²) in [5.41, 5.74) is 13.0. The normalized spacial score (nSPS) is 11.3. The SMILES string of the molecule is Cc1ccc2c3ccc(C)cc3n(-c3cc(-c4cc(C#N)cc(C#N)c4)c(-n4c5cc(C)ccc5c5ccc(C)cc54)cc3C#N)c2c1. The van der Waals surface area contributed by atoms with Crippen molar-refractivity contribution in [3.63, 3.8) is 0 Å². The van der Waals surface area contributed by atoms with Crippen molar-refractivity contribution in [1.29, 1.82) is 15.8 Å². The first-order valence-electron chi connectivity index (χ1n) is 15.9. The van der Waals surface area contributed by atoms with Crippen molar-refractivity contribution in [2.24, 2.45) is 0 Å². The molecule has 2 aromatic heterocycles. The van der Waals surface area contributed by atoms with Crippen LogP contribution in [0.3, 0.4) is 0 Å². The first kappa shape index (κ1) is 28.8. The van der Waals surface area contributed by atoms with Gasteiger partial charge in [0.1, 0.15) is 6.07 Å². The van der Waals surface area contributed by atoms with Crippen LogP contribution < -0.4 is 0 Å². The zero-order chi connectivity index (χ0) is 33.3. The van der Waals surface area contributed by atoms with Crippen LogP contribution in [-0.4, -0.2) is 9.13 Å². The van der Waals surface area contributed by atoms with Crippen LogP contribution in [-0.2, 0) is 0 Å². The maximum Gasteiger partial charge on any atom is 0.101 e. The van der Waals surface area contributed by atoms with Gasteiger partial charge in [0.2, 0.25) is 0 Å². The molecule has 5 nitrogen and oxygen atoms in total. The highest BCUT2D eigenvalue weighted by molar-refractivity contribution is 6.11. The topological polar surface area (TPSA) is 81.2 Å². The van der Waals surface area contributed by atoms with Gasteiger partial charge in [0.15, 0.2) is 0 Å². The predicted molar refractivity (Wildman–Crippen MR) is 194 cm³/mol. The van der Waals surface area contributed by atoms with Gasteiger partial charge in [-0.25, -0.2) is 0 Å². The molecule has 0 radical (unpaired) electrons. The lowest BCUT2D eigenvalue weighted by Crippen LogP contribution is -2.04. The second-order valence-corrected chi connectivity index (χ2v) is 12.8. The molecule has 0 saturated carbocycles. The molecule has 0 saturated heterocycles. The quantitative estimate of drug-likeness (QED) is 0.198. The summed E-state index contributed by atoms with van der Waals surface area (Å²) < 4.78 is 4.42. The van der Waals surface area contributed by atoms with E-state index < -0.39 is 0 Å². The minimum Gasteiger partial charge on any atom is -0.309 e. The van der Waals surface area contributed by atoms with Crippen LogP contribution in [0.5, 0.6) is 0 Å². The summed E-state index contributed by atoms with van der Waals surface area (Å²) in [5, 5.41) is 35.3. The Morgan fingerprint density at radius 3 is 1.19 bits per heavy atom. The van der Waals surface area contributed by atoms with Gasteiger partial charge in [0.25, 0.3) is 0 Å². The van der Waals surface area contributed by atoms with Gasteiger partial charge in [-0.2, -0.15) is 15.8 Å². The molecule has 48 heavy (non-hydrogen) atoms. The molecule has 5 heteroatoms. The van der Waals surface area contributed by atoms with Crippen molar-refractivity contribution >= 4 is 43.6 Å². The molecule has 2 heterocycles. The zero-order valence-electron chi connectivity index (χ0n) is 27.1. The van der Waals surface area contributed by atoms with Crippen LogP contribution in [0.25, 0.3) is 66.1 Å². The molecule has 226 valence electrons. The molecule has 0 unspecified atom stereocenters. The molecule has 0 fully saturated rings. The van der Waals surface area contributed by atoms with Gasteiger partial charge in [-0.15, -0.1) is 0 Å². The maximum absolute atomic E-state index is 10.9. The van der Waals surface area contributed by atoms with Crippen LogP contribution >= 0.6 is 0 Å². The fourth-order valence-electron chi connectivity index (χ4n) is 7.18. The fourth-order valence-corrected chi connectivity index (χ4v) is 7.18. The highest BCUT2D eigenvalue weighted by Crippen LogP contribution is 2.41. The third-order valence-electron chi connectivity index (χ3n) is 9.38. The van der Waals surface area contributed by atoms with Crippen molar-refractivity contribution in [1.82, 2.24) is 9.13 Å². The summed E-state index contributed by atoms with van der Waals surface area (Å²) in [5.74, 6) is 0. The maximum atomic E-state index is 10.9. The summed E-state index contributed by atoms with van der Waals surface area (Å²) in [7, 11) is 0. The minimum absolute atomic E-state index is 0.401. The van der Waals surface area contributed by atoms with Gasteiger partial charge in [0, 0.05) is 27.1 Å². The van der Waals surface area contributed by atoms with Gasteiger partial charge < -0.3 is 9.13 Å². The molecule has 0 aliphatic heterocycles. The highest BCUT2D eigenvalue weighted by atomic mass is 15.0. The molecule has 0 N–H and O–H groups in total. The summed E-state index contributed by atoms with van der Waals surface area (Å²) in [4.78, 5) is 0. The third-order valence-corrected chi connectivity index (χ3v) is 9.38. The average molecular weight is 616 g/mol. The number of fused-ring (bicyclic) bond motifs is 6. The van der Waals surface area contributed by atoms with Gasteiger partial charge in [-0.1, -0.05) is 48.5 Å². The molecule has 0 amide bonds. The van der Waals surface area contributed by atoms with Crippen molar-refractivity contribution in [3.05, 3.63) is 142 Å². The molecule has 0 atom stereocenters. The van der Waals surface area contributed by atoms with E-state index >= 15 is 0 Å². The second kappa shape index (κ2) is 10.7. The van der Waals surface area contributed by atoms with Crippen LogP contribution in [0.4, 0.5) is 0 Å². The number of hydrogen-bond donors (Lipinski definition) is 0. The molecule has 0 spiro atoms. The molecular weight excluding hydrogens is 587 g/mol. The average Bonchev–Trinajstić information content (AvgIpc) is 3.57. The van der Waals surface area contributed by atoms with E-state index in [4.69, 9.17) is 0 Å². The predicted octanol–water partition coefficient (Wildman–Crippen LogP) is 10.4. The van der Waals surface area contributed by atoms with Crippen molar-refractivity contribution in [3.8, 4) is 40.7 Å². The lowest BCUT2D eigenvalue weighted by atomic mass is 9.96. The Labute approximate surface area is 278 Å². The van der Waals surface area contributed by atoms with E-state index in [-0.39, 0.29) is 0 Å². The highest BCUT2D eigenvalue weighted by Gasteiger charge is 2.22. The van der Waals surface area contributed by atoms with E-state index in [1.165, 1.54) is 0 Å². The Balaban J connectivity index is 1.58. The monoisotopic (exact) mass is 615 g/mol. The largest absolute Gasteiger partial charge is 0.309 e. The first-order valence-corrected chi connectivity index (χ1v) is 15.9. The molecule has 8 rings (SSSR count). The first-order chi connectivity index (χ1) is 23.3. The van der Waals surface area contributed by atoms with E-state index in [9.17, 15) is 15.8 Å². The summed E-state index contributed by atoms with van der Waals surface area (Å²) in [6, 6.07) is 42.2. The number of nitriles is 3. The standard InChI is InChI=1S/C43H29N5/c1-25-5-9-33-34-10-6-26(2)14-40(34)47(39(33)13-25)38-21-37(31-18-29(22-44)17-30(19-31)23-45)43(20-32(38)24-46)48-41-15-27(3)7-11-35(41)36-12-8-28(4)16-42(36)48/h5-21H,1-4H3. The van der Waals surface area contributed by atoms with E-state index in [1.54, 1.807) is 6.07 Å². The van der Waals surface area contributed by atoms with E-state index in [1.807, 2.05) is 18.2 Å².